The predicted octanol–water partition coefficient (Wildman–Crippen LogP) is 5.05. The molecule has 1 unspecified atom stereocenters. The number of hydrogen-bond acceptors (Lipinski definition) is 2. The molecular formula is C17H24FNO. The molecule has 0 aliphatic carbocycles. The van der Waals surface area contributed by atoms with Crippen LogP contribution in [0, 0.1) is 11.7 Å². The lowest BCUT2D eigenvalue weighted by atomic mass is 9.89. The minimum Gasteiger partial charge on any atom is -0.459 e. The van der Waals surface area contributed by atoms with E-state index in [-0.39, 0.29) is 11.9 Å². The van der Waals surface area contributed by atoms with Crippen molar-refractivity contribution in [1.82, 2.24) is 5.32 Å². The molecule has 1 N–H and O–H groups in total. The monoisotopic (exact) mass is 277 g/mol. The Morgan fingerprint density at radius 3 is 2.45 bits per heavy atom. The van der Waals surface area contributed by atoms with E-state index < -0.39 is 0 Å². The highest BCUT2D eigenvalue weighted by Gasteiger charge is 2.23. The normalized spacial score (nSPS) is 13.2. The number of hydrogen-bond donors (Lipinski definition) is 1. The van der Waals surface area contributed by atoms with Crippen LogP contribution in [-0.4, -0.2) is 7.05 Å². The highest BCUT2D eigenvalue weighted by Crippen LogP contribution is 2.33. The zero-order chi connectivity index (χ0) is 14.5. The lowest BCUT2D eigenvalue weighted by molar-refractivity contribution is 0.294. The summed E-state index contributed by atoms with van der Waals surface area (Å²) < 4.78 is 19.2. The second kappa shape index (κ2) is 6.89. The highest BCUT2D eigenvalue weighted by atomic mass is 19.1. The molecule has 3 heteroatoms. The Labute approximate surface area is 120 Å². The Kier molecular flexibility index (Phi) is 5.18. The van der Waals surface area contributed by atoms with E-state index in [9.17, 15) is 4.39 Å². The van der Waals surface area contributed by atoms with Crippen LogP contribution in [0.2, 0.25) is 0 Å². The first kappa shape index (κ1) is 15.0. The molecule has 2 aromatic rings. The molecule has 2 rings (SSSR count). The summed E-state index contributed by atoms with van der Waals surface area (Å²) in [5.41, 5.74) is 0.758. The third kappa shape index (κ3) is 3.21. The van der Waals surface area contributed by atoms with Crippen molar-refractivity contribution in [3.63, 3.8) is 0 Å². The van der Waals surface area contributed by atoms with Crippen molar-refractivity contribution < 1.29 is 8.81 Å². The van der Waals surface area contributed by atoms with Crippen LogP contribution < -0.4 is 5.32 Å². The number of fused-ring (bicyclic) bond motifs is 1. The van der Waals surface area contributed by atoms with E-state index in [1.165, 1.54) is 25.0 Å². The van der Waals surface area contributed by atoms with Crippen LogP contribution in [-0.2, 0) is 0 Å². The zero-order valence-corrected chi connectivity index (χ0v) is 12.6. The van der Waals surface area contributed by atoms with Crippen LogP contribution in [0.25, 0.3) is 11.0 Å². The summed E-state index contributed by atoms with van der Waals surface area (Å²) in [6.45, 7) is 4.42. The minimum absolute atomic E-state index is 0.199. The van der Waals surface area contributed by atoms with Crippen LogP contribution >= 0.6 is 0 Å². The molecule has 0 spiro atoms. The second-order valence-corrected chi connectivity index (χ2v) is 5.43. The van der Waals surface area contributed by atoms with Gasteiger partial charge in [0.1, 0.15) is 17.2 Å². The van der Waals surface area contributed by atoms with E-state index in [2.05, 4.69) is 19.2 Å². The van der Waals surface area contributed by atoms with Crippen LogP contribution in [0.4, 0.5) is 4.39 Å². The molecule has 20 heavy (non-hydrogen) atoms. The summed E-state index contributed by atoms with van der Waals surface area (Å²) in [6, 6.07) is 6.85. The summed E-state index contributed by atoms with van der Waals surface area (Å²) in [5.74, 6) is 1.25. The molecule has 0 bridgehead atoms. The Morgan fingerprint density at radius 2 is 1.85 bits per heavy atom. The molecule has 0 radical (unpaired) electrons. The van der Waals surface area contributed by atoms with Gasteiger partial charge in [0.15, 0.2) is 0 Å². The summed E-state index contributed by atoms with van der Waals surface area (Å²) >= 11 is 0. The maximum Gasteiger partial charge on any atom is 0.134 e. The molecule has 1 aromatic heterocycles. The van der Waals surface area contributed by atoms with Gasteiger partial charge in [-0.25, -0.2) is 4.39 Å². The molecule has 0 amide bonds. The topological polar surface area (TPSA) is 25.2 Å². The molecular weight excluding hydrogens is 253 g/mol. The zero-order valence-electron chi connectivity index (χ0n) is 12.6. The Balaban J connectivity index is 2.31. The molecule has 1 heterocycles. The average molecular weight is 277 g/mol. The largest absolute Gasteiger partial charge is 0.459 e. The first-order chi connectivity index (χ1) is 9.69. The summed E-state index contributed by atoms with van der Waals surface area (Å²) in [6.07, 6.45) is 4.67. The van der Waals surface area contributed by atoms with E-state index in [1.54, 1.807) is 6.07 Å². The van der Waals surface area contributed by atoms with Gasteiger partial charge < -0.3 is 9.73 Å². The maximum absolute atomic E-state index is 13.3. The Morgan fingerprint density at radius 1 is 1.15 bits per heavy atom. The summed E-state index contributed by atoms with van der Waals surface area (Å²) in [7, 11) is 1.97. The van der Waals surface area contributed by atoms with Crippen LogP contribution in [0.1, 0.15) is 51.3 Å². The van der Waals surface area contributed by atoms with E-state index in [4.69, 9.17) is 4.42 Å². The minimum atomic E-state index is -0.218. The van der Waals surface area contributed by atoms with Gasteiger partial charge in [-0.1, -0.05) is 26.7 Å². The molecule has 0 fully saturated rings. The SMILES string of the molecule is CCCC(CCC)C(NC)c1cc2cc(F)ccc2o1. The first-order valence-electron chi connectivity index (χ1n) is 7.55. The lowest BCUT2D eigenvalue weighted by Crippen LogP contribution is -2.24. The van der Waals surface area contributed by atoms with Crippen molar-refractivity contribution in [2.45, 2.75) is 45.6 Å². The van der Waals surface area contributed by atoms with E-state index in [0.717, 1.165) is 29.6 Å². The van der Waals surface area contributed by atoms with Gasteiger partial charge >= 0.3 is 0 Å². The number of benzene rings is 1. The van der Waals surface area contributed by atoms with Gasteiger partial charge in [-0.3, -0.25) is 0 Å². The van der Waals surface area contributed by atoms with E-state index in [0.29, 0.717) is 5.92 Å². The van der Waals surface area contributed by atoms with E-state index in [1.807, 2.05) is 13.1 Å². The second-order valence-electron chi connectivity index (χ2n) is 5.43. The third-order valence-electron chi connectivity index (χ3n) is 3.91. The molecule has 1 atom stereocenters. The fraction of sp³-hybridized carbons (Fsp3) is 0.529. The molecule has 0 saturated carbocycles. The molecule has 0 saturated heterocycles. The standard InChI is InChI=1S/C17H24FNO/c1-4-6-12(7-5-2)17(19-3)16-11-13-10-14(18)8-9-15(13)20-16/h8-12,17,19H,4-7H2,1-3H3. The molecule has 2 nitrogen and oxygen atoms in total. The Hall–Kier alpha value is -1.35. The van der Waals surface area contributed by atoms with Crippen molar-refractivity contribution in [2.75, 3.05) is 7.05 Å². The van der Waals surface area contributed by atoms with Crippen molar-refractivity contribution in [3.05, 3.63) is 35.8 Å². The number of rotatable bonds is 7. The molecule has 110 valence electrons. The number of halogens is 1. The van der Waals surface area contributed by atoms with Gasteiger partial charge in [-0.2, -0.15) is 0 Å². The fourth-order valence-electron chi connectivity index (χ4n) is 3.02. The van der Waals surface area contributed by atoms with Crippen molar-refractivity contribution in [1.29, 1.82) is 0 Å². The van der Waals surface area contributed by atoms with Crippen molar-refractivity contribution in [2.24, 2.45) is 5.92 Å². The molecule has 0 aliphatic rings. The maximum atomic E-state index is 13.3. The smallest absolute Gasteiger partial charge is 0.134 e. The third-order valence-corrected chi connectivity index (χ3v) is 3.91. The first-order valence-corrected chi connectivity index (χ1v) is 7.55. The van der Waals surface area contributed by atoms with Crippen LogP contribution in [0.3, 0.4) is 0 Å². The average Bonchev–Trinajstić information content (AvgIpc) is 2.82. The van der Waals surface area contributed by atoms with Gasteiger partial charge in [-0.15, -0.1) is 0 Å². The quantitative estimate of drug-likeness (QED) is 0.766. The lowest BCUT2D eigenvalue weighted by Gasteiger charge is -2.24. The van der Waals surface area contributed by atoms with Crippen molar-refractivity contribution in [3.8, 4) is 0 Å². The van der Waals surface area contributed by atoms with Crippen molar-refractivity contribution >= 4 is 11.0 Å². The van der Waals surface area contributed by atoms with Gasteiger partial charge in [0.2, 0.25) is 0 Å². The van der Waals surface area contributed by atoms with Crippen LogP contribution in [0.5, 0.6) is 0 Å². The molecule has 1 aromatic carbocycles. The fourth-order valence-corrected chi connectivity index (χ4v) is 3.02. The Bertz CT molecular complexity index is 543. The van der Waals surface area contributed by atoms with E-state index >= 15 is 0 Å². The van der Waals surface area contributed by atoms with Gasteiger partial charge in [-0.05, 0) is 50.1 Å². The highest BCUT2D eigenvalue weighted by molar-refractivity contribution is 5.78. The van der Waals surface area contributed by atoms with Crippen LogP contribution in [0.15, 0.2) is 28.7 Å². The summed E-state index contributed by atoms with van der Waals surface area (Å²) in [4.78, 5) is 0. The van der Waals surface area contributed by atoms with Gasteiger partial charge in [0.05, 0.1) is 6.04 Å². The predicted molar refractivity (Wildman–Crippen MR) is 81.3 cm³/mol. The van der Waals surface area contributed by atoms with Gasteiger partial charge in [0.25, 0.3) is 0 Å². The number of furan rings is 1. The summed E-state index contributed by atoms with van der Waals surface area (Å²) in [5, 5.41) is 4.22. The number of nitrogens with one attached hydrogen (secondary N) is 1. The molecule has 0 aliphatic heterocycles. The van der Waals surface area contributed by atoms with Gasteiger partial charge in [0, 0.05) is 5.39 Å².